The largest absolute Gasteiger partial charge is 0.477 e. The SMILES string of the molecule is CCn1cc(C(=O)O)c(=O)c2cc(F)c(N3CCC4(CCOC4)CC3)c(Cl)c21. The fourth-order valence-corrected chi connectivity index (χ4v) is 4.84. The van der Waals surface area contributed by atoms with Crippen molar-refractivity contribution in [1.29, 1.82) is 0 Å². The highest BCUT2D eigenvalue weighted by Crippen LogP contribution is 2.43. The summed E-state index contributed by atoms with van der Waals surface area (Å²) in [6.07, 6.45) is 4.11. The highest BCUT2D eigenvalue weighted by atomic mass is 35.5. The van der Waals surface area contributed by atoms with Crippen LogP contribution in [0.15, 0.2) is 17.1 Å². The summed E-state index contributed by atoms with van der Waals surface area (Å²) in [6, 6.07) is 1.13. The summed E-state index contributed by atoms with van der Waals surface area (Å²) in [6.45, 7) is 5.08. The second-order valence-electron chi connectivity index (χ2n) is 7.67. The van der Waals surface area contributed by atoms with Gasteiger partial charge in [-0.25, -0.2) is 9.18 Å². The molecule has 8 heteroatoms. The minimum absolute atomic E-state index is 0.00864. The van der Waals surface area contributed by atoms with Crippen LogP contribution < -0.4 is 10.3 Å². The van der Waals surface area contributed by atoms with Crippen LogP contribution in [0.4, 0.5) is 10.1 Å². The molecule has 2 fully saturated rings. The number of carbonyl (C=O) groups is 1. The number of carboxylic acid groups (broad SMARTS) is 1. The van der Waals surface area contributed by atoms with Crippen LogP contribution >= 0.6 is 11.6 Å². The zero-order valence-electron chi connectivity index (χ0n) is 15.6. The van der Waals surface area contributed by atoms with Crippen molar-refractivity contribution in [1.82, 2.24) is 4.57 Å². The van der Waals surface area contributed by atoms with E-state index in [1.54, 1.807) is 4.57 Å². The number of pyridine rings is 1. The summed E-state index contributed by atoms with van der Waals surface area (Å²) in [5.41, 5.74) is -0.273. The Kier molecular flexibility index (Phi) is 4.83. The molecule has 2 aromatic rings. The number of aromatic nitrogens is 1. The summed E-state index contributed by atoms with van der Waals surface area (Å²) in [5, 5.41) is 9.43. The van der Waals surface area contributed by atoms with Gasteiger partial charge in [0.25, 0.3) is 0 Å². The maximum Gasteiger partial charge on any atom is 0.341 e. The molecule has 1 aromatic heterocycles. The van der Waals surface area contributed by atoms with Crippen LogP contribution in [0.1, 0.15) is 36.5 Å². The molecule has 0 aliphatic carbocycles. The van der Waals surface area contributed by atoms with Gasteiger partial charge in [-0.15, -0.1) is 0 Å². The molecule has 1 N–H and O–H groups in total. The summed E-state index contributed by atoms with van der Waals surface area (Å²) in [4.78, 5) is 25.9. The van der Waals surface area contributed by atoms with Gasteiger partial charge in [0.05, 0.1) is 28.2 Å². The molecule has 3 heterocycles. The van der Waals surface area contributed by atoms with Crippen molar-refractivity contribution in [3.05, 3.63) is 38.9 Å². The van der Waals surface area contributed by atoms with Crippen LogP contribution in [0, 0.1) is 11.2 Å². The Balaban J connectivity index is 1.81. The van der Waals surface area contributed by atoms with Gasteiger partial charge in [-0.1, -0.05) is 11.6 Å². The van der Waals surface area contributed by atoms with Crippen LogP contribution in [-0.2, 0) is 11.3 Å². The number of ether oxygens (including phenoxy) is 1. The number of piperidine rings is 1. The monoisotopic (exact) mass is 408 g/mol. The summed E-state index contributed by atoms with van der Waals surface area (Å²) in [5.74, 6) is -1.94. The molecule has 0 unspecified atom stereocenters. The molecular weight excluding hydrogens is 387 g/mol. The highest BCUT2D eigenvalue weighted by Gasteiger charge is 2.39. The van der Waals surface area contributed by atoms with Crippen molar-refractivity contribution >= 4 is 34.2 Å². The quantitative estimate of drug-likeness (QED) is 0.841. The zero-order chi connectivity index (χ0) is 20.1. The summed E-state index contributed by atoms with van der Waals surface area (Å²) < 4.78 is 22.2. The zero-order valence-corrected chi connectivity index (χ0v) is 16.4. The number of nitrogens with zero attached hydrogens (tertiary/aromatic N) is 2. The molecule has 0 saturated carbocycles. The Labute approximate surface area is 166 Å². The molecule has 0 bridgehead atoms. The smallest absolute Gasteiger partial charge is 0.341 e. The second-order valence-corrected chi connectivity index (χ2v) is 8.05. The number of halogens is 2. The number of anilines is 1. The predicted molar refractivity (Wildman–Crippen MR) is 105 cm³/mol. The first-order valence-corrected chi connectivity index (χ1v) is 9.86. The van der Waals surface area contributed by atoms with Gasteiger partial charge in [-0.2, -0.15) is 0 Å². The molecule has 0 radical (unpaired) electrons. The molecule has 4 rings (SSSR count). The normalized spacial score (nSPS) is 18.9. The van der Waals surface area contributed by atoms with E-state index in [0.29, 0.717) is 25.2 Å². The Bertz CT molecular complexity index is 1000. The van der Waals surface area contributed by atoms with Crippen molar-refractivity contribution in [3.63, 3.8) is 0 Å². The lowest BCUT2D eigenvalue weighted by molar-refractivity contribution is 0.0695. The molecule has 1 spiro atoms. The van der Waals surface area contributed by atoms with Gasteiger partial charge in [0.15, 0.2) is 0 Å². The topological polar surface area (TPSA) is 71.8 Å². The van der Waals surface area contributed by atoms with Crippen LogP contribution in [0.2, 0.25) is 5.02 Å². The number of aromatic carboxylic acids is 1. The molecule has 2 saturated heterocycles. The first kappa shape index (κ1) is 19.2. The minimum Gasteiger partial charge on any atom is -0.477 e. The second kappa shape index (κ2) is 7.04. The number of carboxylic acids is 1. The van der Waals surface area contributed by atoms with E-state index in [-0.39, 0.29) is 21.5 Å². The number of hydrogen-bond acceptors (Lipinski definition) is 4. The number of fused-ring (bicyclic) bond motifs is 1. The van der Waals surface area contributed by atoms with Crippen molar-refractivity contribution in [2.45, 2.75) is 32.7 Å². The average molecular weight is 409 g/mol. The third-order valence-electron chi connectivity index (χ3n) is 6.13. The third-order valence-corrected chi connectivity index (χ3v) is 6.48. The molecule has 2 aliphatic heterocycles. The summed E-state index contributed by atoms with van der Waals surface area (Å²) >= 11 is 6.61. The van der Waals surface area contributed by atoms with E-state index in [0.717, 1.165) is 38.5 Å². The maximum absolute atomic E-state index is 15.0. The lowest BCUT2D eigenvalue weighted by Crippen LogP contribution is -2.41. The first-order valence-electron chi connectivity index (χ1n) is 9.48. The van der Waals surface area contributed by atoms with Gasteiger partial charge in [-0.05, 0) is 37.7 Å². The van der Waals surface area contributed by atoms with Gasteiger partial charge < -0.3 is 19.3 Å². The van der Waals surface area contributed by atoms with Gasteiger partial charge in [0.1, 0.15) is 11.4 Å². The van der Waals surface area contributed by atoms with E-state index in [9.17, 15) is 14.7 Å². The van der Waals surface area contributed by atoms with E-state index in [2.05, 4.69) is 0 Å². The number of aryl methyl sites for hydroxylation is 1. The van der Waals surface area contributed by atoms with E-state index in [4.69, 9.17) is 16.3 Å². The summed E-state index contributed by atoms with van der Waals surface area (Å²) in [7, 11) is 0. The Morgan fingerprint density at radius 2 is 2.07 bits per heavy atom. The van der Waals surface area contributed by atoms with Crippen LogP contribution in [-0.4, -0.2) is 41.9 Å². The van der Waals surface area contributed by atoms with Crippen LogP contribution in [0.5, 0.6) is 0 Å². The average Bonchev–Trinajstić information content (AvgIpc) is 3.12. The van der Waals surface area contributed by atoms with Gasteiger partial charge in [-0.3, -0.25) is 4.79 Å². The Morgan fingerprint density at radius 3 is 2.64 bits per heavy atom. The van der Waals surface area contributed by atoms with E-state index in [1.165, 1.54) is 6.20 Å². The number of rotatable bonds is 3. The molecule has 1 aromatic carbocycles. The maximum atomic E-state index is 15.0. The standard InChI is InChI=1S/C20H22ClFN2O4/c1-2-23-10-13(19(26)27)18(25)12-9-14(22)17(15(21)16(12)23)24-6-3-20(4-7-24)5-8-28-11-20/h9-10H,2-8,11H2,1H3,(H,26,27). The van der Waals surface area contributed by atoms with Crippen molar-refractivity contribution in [2.24, 2.45) is 5.41 Å². The van der Waals surface area contributed by atoms with Crippen LogP contribution in [0.25, 0.3) is 10.9 Å². The molecule has 0 atom stereocenters. The van der Waals surface area contributed by atoms with Crippen LogP contribution in [0.3, 0.4) is 0 Å². The lowest BCUT2D eigenvalue weighted by atomic mass is 9.78. The highest BCUT2D eigenvalue weighted by molar-refractivity contribution is 6.38. The molecule has 28 heavy (non-hydrogen) atoms. The van der Waals surface area contributed by atoms with Gasteiger partial charge >= 0.3 is 5.97 Å². The molecule has 150 valence electrons. The Hall–Kier alpha value is -2.12. The first-order chi connectivity index (χ1) is 13.4. The van der Waals surface area contributed by atoms with E-state index in [1.807, 2.05) is 11.8 Å². The van der Waals surface area contributed by atoms with E-state index < -0.39 is 22.8 Å². The van der Waals surface area contributed by atoms with E-state index >= 15 is 4.39 Å². The van der Waals surface area contributed by atoms with Crippen molar-refractivity contribution < 1.29 is 19.0 Å². The third kappa shape index (κ3) is 2.97. The molecule has 2 aliphatic rings. The lowest BCUT2D eigenvalue weighted by Gasteiger charge is -2.40. The number of hydrogen-bond donors (Lipinski definition) is 1. The van der Waals surface area contributed by atoms with Crippen molar-refractivity contribution in [2.75, 3.05) is 31.2 Å². The molecule has 0 amide bonds. The van der Waals surface area contributed by atoms with Gasteiger partial charge in [0.2, 0.25) is 5.43 Å². The van der Waals surface area contributed by atoms with Crippen molar-refractivity contribution in [3.8, 4) is 0 Å². The number of benzene rings is 1. The van der Waals surface area contributed by atoms with Gasteiger partial charge in [0, 0.05) is 32.4 Å². The minimum atomic E-state index is -1.34. The molecule has 6 nitrogen and oxygen atoms in total. The fraction of sp³-hybridized carbons (Fsp3) is 0.500. The predicted octanol–water partition coefficient (Wildman–Crippen LogP) is 3.52. The molecular formula is C20H22ClFN2O4. The Morgan fingerprint density at radius 1 is 1.36 bits per heavy atom. The fourth-order valence-electron chi connectivity index (χ4n) is 4.42.